The van der Waals surface area contributed by atoms with Gasteiger partial charge in [-0.25, -0.2) is 0 Å². The van der Waals surface area contributed by atoms with E-state index < -0.39 is 37.0 Å². The van der Waals surface area contributed by atoms with Crippen molar-refractivity contribution in [3.63, 3.8) is 0 Å². The number of esters is 2. The van der Waals surface area contributed by atoms with E-state index in [1.165, 1.54) is 70.6 Å². The Kier molecular flexibility index (Phi) is 27.8. The Bertz CT molecular complexity index is 843. The molecular formula is C40H72O8. The van der Waals surface area contributed by atoms with Crippen LogP contribution < -0.4 is 0 Å². The van der Waals surface area contributed by atoms with Crippen LogP contribution in [-0.2, 0) is 19.1 Å². The lowest BCUT2D eigenvalue weighted by Gasteiger charge is -2.19. The van der Waals surface area contributed by atoms with Crippen molar-refractivity contribution in [3.8, 4) is 0 Å². The predicted molar refractivity (Wildman–Crippen MR) is 193 cm³/mol. The average molecular weight is 681 g/mol. The molecule has 6 atom stereocenters. The largest absolute Gasteiger partial charge is 0.462 e. The Balaban J connectivity index is 2.12. The van der Waals surface area contributed by atoms with Gasteiger partial charge in [0.1, 0.15) is 6.61 Å². The van der Waals surface area contributed by atoms with E-state index in [0.717, 1.165) is 38.5 Å². The molecule has 0 aromatic carbocycles. The first kappa shape index (κ1) is 44.3. The summed E-state index contributed by atoms with van der Waals surface area (Å²) in [5.41, 5.74) is 0. The first-order valence-corrected chi connectivity index (χ1v) is 19.7. The third-order valence-electron chi connectivity index (χ3n) is 9.57. The molecule has 1 rings (SSSR count). The van der Waals surface area contributed by atoms with Crippen molar-refractivity contribution in [2.75, 3.05) is 13.2 Å². The molecule has 4 N–H and O–H groups in total. The van der Waals surface area contributed by atoms with E-state index in [1.807, 2.05) is 18.2 Å². The zero-order valence-electron chi connectivity index (χ0n) is 30.6. The minimum absolute atomic E-state index is 0.118. The van der Waals surface area contributed by atoms with Gasteiger partial charge < -0.3 is 29.9 Å². The molecular weight excluding hydrogens is 608 g/mol. The van der Waals surface area contributed by atoms with Crippen molar-refractivity contribution in [2.24, 2.45) is 11.8 Å². The molecule has 0 aromatic rings. The molecule has 0 radical (unpaired) electrons. The van der Waals surface area contributed by atoms with Gasteiger partial charge in [0.15, 0.2) is 6.10 Å². The topological polar surface area (TPSA) is 134 Å². The fourth-order valence-electron chi connectivity index (χ4n) is 6.49. The monoisotopic (exact) mass is 681 g/mol. The molecule has 1 aliphatic carbocycles. The number of carbonyl (C=O) groups is 2. The van der Waals surface area contributed by atoms with E-state index in [2.05, 4.69) is 13.8 Å². The van der Waals surface area contributed by atoms with E-state index >= 15 is 0 Å². The van der Waals surface area contributed by atoms with E-state index in [4.69, 9.17) is 9.47 Å². The molecule has 1 saturated carbocycles. The fourth-order valence-corrected chi connectivity index (χ4v) is 6.49. The van der Waals surface area contributed by atoms with Gasteiger partial charge in [0.25, 0.3) is 0 Å². The summed E-state index contributed by atoms with van der Waals surface area (Å²) in [6.07, 6.45) is 29.0. The predicted octanol–water partition coefficient (Wildman–Crippen LogP) is 8.28. The van der Waals surface area contributed by atoms with Crippen LogP contribution in [0.5, 0.6) is 0 Å². The Morgan fingerprint density at radius 3 is 1.90 bits per heavy atom. The van der Waals surface area contributed by atoms with Crippen LogP contribution in [0.1, 0.15) is 168 Å². The van der Waals surface area contributed by atoms with Gasteiger partial charge in [0.05, 0.1) is 24.9 Å². The summed E-state index contributed by atoms with van der Waals surface area (Å²) in [7, 11) is 0. The minimum atomic E-state index is -0.847. The van der Waals surface area contributed by atoms with Crippen molar-refractivity contribution in [3.05, 3.63) is 24.3 Å². The summed E-state index contributed by atoms with van der Waals surface area (Å²) < 4.78 is 10.6. The van der Waals surface area contributed by atoms with Crippen molar-refractivity contribution in [1.29, 1.82) is 0 Å². The highest BCUT2D eigenvalue weighted by Crippen LogP contribution is 2.36. The van der Waals surface area contributed by atoms with Crippen LogP contribution >= 0.6 is 0 Å². The first-order chi connectivity index (χ1) is 23.3. The standard InChI is InChI=1S/C40H72O8/c1-3-5-7-8-9-10-11-12-13-14-15-16-17-23-27-40(46)48-34(31-41)32-47-39(45)26-22-19-18-21-25-35-36(38(44)30-37(35)43)29-28-33(42)24-20-6-4-2/h18,21,28-29,33-38,41-44H,3-17,19-20,22-27,30-32H2,1-2H3/b21-18+,29-28+/t33-,34-,35+,36+,37-,38+/m0/s1. The third-order valence-corrected chi connectivity index (χ3v) is 9.57. The lowest BCUT2D eigenvalue weighted by atomic mass is 9.89. The fraction of sp³-hybridized carbons (Fsp3) is 0.850. The zero-order valence-corrected chi connectivity index (χ0v) is 30.6. The second-order valence-electron chi connectivity index (χ2n) is 14.0. The molecule has 0 bridgehead atoms. The van der Waals surface area contributed by atoms with E-state index in [-0.39, 0.29) is 30.8 Å². The molecule has 0 saturated heterocycles. The van der Waals surface area contributed by atoms with Crippen molar-refractivity contribution in [2.45, 2.75) is 192 Å². The molecule has 0 unspecified atom stereocenters. The van der Waals surface area contributed by atoms with Crippen LogP contribution in [0.3, 0.4) is 0 Å². The van der Waals surface area contributed by atoms with Crippen LogP contribution in [0.15, 0.2) is 24.3 Å². The summed E-state index contributed by atoms with van der Waals surface area (Å²) in [5, 5.41) is 40.6. The Morgan fingerprint density at radius 1 is 0.729 bits per heavy atom. The Hall–Kier alpha value is -1.74. The summed E-state index contributed by atoms with van der Waals surface area (Å²) in [5.74, 6) is -1.09. The van der Waals surface area contributed by atoms with Crippen LogP contribution in [0.4, 0.5) is 0 Å². The lowest BCUT2D eigenvalue weighted by Crippen LogP contribution is -2.28. The summed E-state index contributed by atoms with van der Waals surface area (Å²) in [6.45, 7) is 3.83. The molecule has 280 valence electrons. The number of hydrogen-bond donors (Lipinski definition) is 4. The zero-order chi connectivity index (χ0) is 35.2. The Labute approximate surface area is 292 Å². The number of ether oxygens (including phenoxy) is 2. The summed E-state index contributed by atoms with van der Waals surface area (Å²) in [4.78, 5) is 24.4. The number of rotatable bonds is 31. The average Bonchev–Trinajstić information content (AvgIpc) is 3.34. The van der Waals surface area contributed by atoms with Gasteiger partial charge >= 0.3 is 11.9 Å². The van der Waals surface area contributed by atoms with Crippen molar-refractivity contribution in [1.82, 2.24) is 0 Å². The van der Waals surface area contributed by atoms with Gasteiger partial charge in [-0.3, -0.25) is 9.59 Å². The smallest absolute Gasteiger partial charge is 0.306 e. The maximum Gasteiger partial charge on any atom is 0.306 e. The second kappa shape index (κ2) is 30.1. The van der Waals surface area contributed by atoms with Gasteiger partial charge in [-0.15, -0.1) is 0 Å². The third kappa shape index (κ3) is 22.8. The number of hydrogen-bond acceptors (Lipinski definition) is 8. The molecule has 0 aliphatic heterocycles. The van der Waals surface area contributed by atoms with Gasteiger partial charge in [-0.05, 0) is 38.0 Å². The molecule has 1 fully saturated rings. The highest BCUT2D eigenvalue weighted by atomic mass is 16.6. The molecule has 0 heterocycles. The van der Waals surface area contributed by atoms with Crippen LogP contribution in [0.2, 0.25) is 0 Å². The van der Waals surface area contributed by atoms with Gasteiger partial charge in [0, 0.05) is 25.2 Å². The SMILES string of the molecule is CCCCCCCCCCCCCCCCC(=O)O[C@@H](CO)COC(=O)CCC/C=C/C[C@@H]1[C@@H](/C=C/[C@@H](O)CCCCC)[C@H](O)C[C@@H]1O. The highest BCUT2D eigenvalue weighted by molar-refractivity contribution is 5.70. The van der Waals surface area contributed by atoms with Crippen molar-refractivity contribution < 1.29 is 39.5 Å². The maximum atomic E-state index is 12.2. The number of unbranched alkanes of at least 4 members (excludes halogenated alkanes) is 16. The number of aliphatic hydroxyl groups is 4. The maximum absolute atomic E-state index is 12.2. The quantitative estimate of drug-likeness (QED) is 0.0327. The Morgan fingerprint density at radius 2 is 1.29 bits per heavy atom. The summed E-state index contributed by atoms with van der Waals surface area (Å²) in [6, 6.07) is 0. The van der Waals surface area contributed by atoms with Crippen LogP contribution in [-0.4, -0.2) is 70.0 Å². The van der Waals surface area contributed by atoms with E-state index in [9.17, 15) is 30.0 Å². The van der Waals surface area contributed by atoms with E-state index in [0.29, 0.717) is 38.5 Å². The molecule has 8 heteroatoms. The van der Waals surface area contributed by atoms with Gasteiger partial charge in [0.2, 0.25) is 0 Å². The molecule has 48 heavy (non-hydrogen) atoms. The minimum Gasteiger partial charge on any atom is -0.462 e. The molecule has 0 amide bonds. The normalized spacial score (nSPS) is 20.9. The van der Waals surface area contributed by atoms with Gasteiger partial charge in [-0.2, -0.15) is 0 Å². The molecule has 0 aromatic heterocycles. The highest BCUT2D eigenvalue weighted by Gasteiger charge is 2.39. The molecule has 0 spiro atoms. The number of aliphatic hydroxyl groups excluding tert-OH is 4. The first-order valence-electron chi connectivity index (χ1n) is 19.7. The lowest BCUT2D eigenvalue weighted by molar-refractivity contribution is -0.161. The van der Waals surface area contributed by atoms with Gasteiger partial charge in [-0.1, -0.05) is 141 Å². The number of allylic oxidation sites excluding steroid dienone is 2. The van der Waals surface area contributed by atoms with Crippen LogP contribution in [0.25, 0.3) is 0 Å². The molecule has 1 aliphatic rings. The second-order valence-corrected chi connectivity index (χ2v) is 14.0. The van der Waals surface area contributed by atoms with Crippen LogP contribution in [0, 0.1) is 11.8 Å². The van der Waals surface area contributed by atoms with E-state index in [1.54, 1.807) is 6.08 Å². The summed E-state index contributed by atoms with van der Waals surface area (Å²) >= 11 is 0. The number of carbonyl (C=O) groups excluding carboxylic acids is 2. The molecule has 8 nitrogen and oxygen atoms in total. The van der Waals surface area contributed by atoms with Crippen molar-refractivity contribution >= 4 is 11.9 Å².